The van der Waals surface area contributed by atoms with Crippen molar-refractivity contribution in [2.75, 3.05) is 0 Å². The van der Waals surface area contributed by atoms with E-state index in [2.05, 4.69) is 4.98 Å². The van der Waals surface area contributed by atoms with Crippen LogP contribution in [0.3, 0.4) is 0 Å². The molecule has 0 unspecified atom stereocenters. The van der Waals surface area contributed by atoms with Crippen molar-refractivity contribution in [3.8, 4) is 11.5 Å². The van der Waals surface area contributed by atoms with Gasteiger partial charge in [0.1, 0.15) is 10.9 Å². The van der Waals surface area contributed by atoms with Gasteiger partial charge < -0.3 is 10.5 Å². The lowest BCUT2D eigenvalue weighted by Crippen LogP contribution is -2.10. The molecule has 1 heterocycles. The van der Waals surface area contributed by atoms with Crippen LogP contribution in [0.15, 0.2) is 30.5 Å². The summed E-state index contributed by atoms with van der Waals surface area (Å²) in [6.07, 6.45) is 2.70. The van der Waals surface area contributed by atoms with Crippen LogP contribution in [-0.4, -0.2) is 10.9 Å². The molecule has 2 aromatic rings. The summed E-state index contributed by atoms with van der Waals surface area (Å²) >= 11 is 11.7. The molecule has 109 valence electrons. The van der Waals surface area contributed by atoms with E-state index in [0.717, 1.165) is 0 Å². The third kappa shape index (κ3) is 4.06. The van der Waals surface area contributed by atoms with Crippen molar-refractivity contribution in [3.05, 3.63) is 58.4 Å². The summed E-state index contributed by atoms with van der Waals surface area (Å²) in [4.78, 5) is 14.5. The standard InChI is InChI=1S/C14H10Cl2FN2O2/c15-10-3-1-8(2-4-12(18)20)13(17)14(10)21-9-5-6-19-11(16)7-9/h1-3,5-7H,4H2,(H2,18,20). The van der Waals surface area contributed by atoms with E-state index in [-0.39, 0.29) is 27.9 Å². The molecule has 21 heavy (non-hydrogen) atoms. The van der Waals surface area contributed by atoms with Gasteiger partial charge in [0.2, 0.25) is 5.91 Å². The highest BCUT2D eigenvalue weighted by Crippen LogP contribution is 2.35. The second-order valence-electron chi connectivity index (χ2n) is 4.07. The van der Waals surface area contributed by atoms with Crippen LogP contribution < -0.4 is 10.5 Å². The van der Waals surface area contributed by atoms with Gasteiger partial charge in [-0.05, 0) is 17.7 Å². The van der Waals surface area contributed by atoms with Gasteiger partial charge in [0.05, 0.1) is 5.02 Å². The molecule has 0 aliphatic rings. The Morgan fingerprint density at radius 3 is 2.81 bits per heavy atom. The van der Waals surface area contributed by atoms with Crippen LogP contribution in [0, 0.1) is 12.2 Å². The second-order valence-corrected chi connectivity index (χ2v) is 4.87. The highest BCUT2D eigenvalue weighted by molar-refractivity contribution is 6.32. The van der Waals surface area contributed by atoms with Crippen LogP contribution in [0.4, 0.5) is 4.39 Å². The van der Waals surface area contributed by atoms with Crippen LogP contribution in [0.5, 0.6) is 11.5 Å². The fourth-order valence-corrected chi connectivity index (χ4v) is 1.92. The predicted molar refractivity (Wildman–Crippen MR) is 77.9 cm³/mol. The van der Waals surface area contributed by atoms with E-state index in [4.69, 9.17) is 33.7 Å². The summed E-state index contributed by atoms with van der Waals surface area (Å²) in [5.41, 5.74) is 5.20. The molecule has 0 bridgehead atoms. The predicted octanol–water partition coefficient (Wildman–Crippen LogP) is 3.75. The Morgan fingerprint density at radius 2 is 2.14 bits per heavy atom. The summed E-state index contributed by atoms with van der Waals surface area (Å²) in [5.74, 6) is -1.11. The van der Waals surface area contributed by atoms with Crippen molar-refractivity contribution < 1.29 is 13.9 Å². The number of nitrogens with zero attached hydrogens (tertiary/aromatic N) is 1. The monoisotopic (exact) mass is 327 g/mol. The largest absolute Gasteiger partial charge is 0.453 e. The number of rotatable bonds is 5. The number of ether oxygens (including phenoxy) is 1. The minimum Gasteiger partial charge on any atom is -0.453 e. The summed E-state index contributed by atoms with van der Waals surface area (Å²) in [7, 11) is 0. The fourth-order valence-electron chi connectivity index (χ4n) is 1.58. The maximum atomic E-state index is 14.3. The van der Waals surface area contributed by atoms with Gasteiger partial charge in [-0.3, -0.25) is 4.79 Å². The van der Waals surface area contributed by atoms with Crippen molar-refractivity contribution in [1.29, 1.82) is 0 Å². The van der Waals surface area contributed by atoms with E-state index in [9.17, 15) is 9.18 Å². The van der Waals surface area contributed by atoms with Crippen molar-refractivity contribution in [2.24, 2.45) is 5.73 Å². The zero-order valence-corrected chi connectivity index (χ0v) is 12.2. The van der Waals surface area contributed by atoms with Gasteiger partial charge in [0.25, 0.3) is 0 Å². The van der Waals surface area contributed by atoms with E-state index in [0.29, 0.717) is 5.75 Å². The molecule has 7 heteroatoms. The fraction of sp³-hybridized carbons (Fsp3) is 0.0714. The molecular formula is C14H10Cl2FN2O2. The van der Waals surface area contributed by atoms with Crippen molar-refractivity contribution in [2.45, 2.75) is 6.42 Å². The van der Waals surface area contributed by atoms with Crippen molar-refractivity contribution >= 4 is 29.1 Å². The molecule has 1 radical (unpaired) electrons. The van der Waals surface area contributed by atoms with E-state index >= 15 is 0 Å². The minimum absolute atomic E-state index is 0.0842. The van der Waals surface area contributed by atoms with Gasteiger partial charge in [0.15, 0.2) is 11.6 Å². The van der Waals surface area contributed by atoms with Gasteiger partial charge in [-0.25, -0.2) is 9.37 Å². The van der Waals surface area contributed by atoms with E-state index < -0.39 is 11.7 Å². The molecule has 4 nitrogen and oxygen atoms in total. The Kier molecular flexibility index (Phi) is 4.98. The highest BCUT2D eigenvalue weighted by atomic mass is 35.5. The van der Waals surface area contributed by atoms with Gasteiger partial charge in [-0.1, -0.05) is 29.3 Å². The number of aromatic nitrogens is 1. The highest BCUT2D eigenvalue weighted by Gasteiger charge is 2.15. The van der Waals surface area contributed by atoms with Crippen LogP contribution in [-0.2, 0) is 4.79 Å². The number of amides is 1. The Labute approximate surface area is 130 Å². The van der Waals surface area contributed by atoms with Gasteiger partial charge >= 0.3 is 0 Å². The topological polar surface area (TPSA) is 65.2 Å². The molecule has 0 saturated heterocycles. The lowest BCUT2D eigenvalue weighted by Gasteiger charge is -2.11. The normalized spacial score (nSPS) is 10.4. The summed E-state index contributed by atoms with van der Waals surface area (Å²) in [6.45, 7) is 0. The number of hydrogen-bond acceptors (Lipinski definition) is 3. The van der Waals surface area contributed by atoms with Gasteiger partial charge in [0, 0.05) is 25.1 Å². The smallest absolute Gasteiger partial charge is 0.218 e. The third-order valence-electron chi connectivity index (χ3n) is 2.52. The molecule has 0 aliphatic carbocycles. The number of pyridine rings is 1. The number of carbonyl (C=O) groups is 1. The number of primary amides is 1. The Balaban J connectivity index is 2.29. The molecule has 2 rings (SSSR count). The number of nitrogens with two attached hydrogens (primary N) is 1. The Hall–Kier alpha value is -1.85. The van der Waals surface area contributed by atoms with E-state index in [1.807, 2.05) is 0 Å². The lowest BCUT2D eigenvalue weighted by molar-refractivity contribution is -0.117. The summed E-state index contributed by atoms with van der Waals surface area (Å²) in [5, 5.41) is 0.303. The van der Waals surface area contributed by atoms with Gasteiger partial charge in [-0.2, -0.15) is 0 Å². The number of halogens is 3. The minimum atomic E-state index is -0.684. The molecule has 2 N–H and O–H groups in total. The zero-order chi connectivity index (χ0) is 15.4. The first-order valence-electron chi connectivity index (χ1n) is 5.86. The quantitative estimate of drug-likeness (QED) is 0.850. The molecule has 1 aromatic heterocycles. The summed E-state index contributed by atoms with van der Waals surface area (Å²) < 4.78 is 19.7. The second kappa shape index (κ2) is 6.74. The molecule has 0 aliphatic heterocycles. The van der Waals surface area contributed by atoms with Crippen LogP contribution in [0.25, 0.3) is 0 Å². The van der Waals surface area contributed by atoms with Crippen molar-refractivity contribution in [1.82, 2.24) is 4.98 Å². The molecule has 0 atom stereocenters. The van der Waals surface area contributed by atoms with Gasteiger partial charge in [-0.15, -0.1) is 0 Å². The van der Waals surface area contributed by atoms with Crippen molar-refractivity contribution in [3.63, 3.8) is 0 Å². The average Bonchev–Trinajstić information content (AvgIpc) is 2.42. The lowest BCUT2D eigenvalue weighted by atomic mass is 10.1. The molecular weight excluding hydrogens is 318 g/mol. The number of hydrogen-bond donors (Lipinski definition) is 1. The van der Waals surface area contributed by atoms with E-state index in [1.54, 1.807) is 0 Å². The van der Waals surface area contributed by atoms with Crippen LogP contribution >= 0.6 is 23.2 Å². The Morgan fingerprint density at radius 1 is 1.38 bits per heavy atom. The van der Waals surface area contributed by atoms with Crippen LogP contribution in [0.1, 0.15) is 12.0 Å². The Bertz CT molecular complexity index is 680. The van der Waals surface area contributed by atoms with Crippen LogP contribution in [0.2, 0.25) is 10.2 Å². The number of carbonyl (C=O) groups excluding carboxylic acids is 1. The first-order valence-corrected chi connectivity index (χ1v) is 6.62. The summed E-state index contributed by atoms with van der Waals surface area (Å²) in [6, 6.07) is 5.85. The molecule has 0 fully saturated rings. The maximum Gasteiger partial charge on any atom is 0.218 e. The molecule has 1 amide bonds. The number of benzene rings is 1. The SMILES string of the molecule is NC(=O)C[CH]c1ccc(Cl)c(Oc2ccnc(Cl)c2)c1F. The molecule has 1 aromatic carbocycles. The third-order valence-corrected chi connectivity index (χ3v) is 3.02. The maximum absolute atomic E-state index is 14.3. The molecule has 0 saturated carbocycles. The van der Waals surface area contributed by atoms with E-state index in [1.165, 1.54) is 36.9 Å². The first-order chi connectivity index (χ1) is 9.97. The molecule has 0 spiro atoms. The first kappa shape index (κ1) is 15.5. The zero-order valence-electron chi connectivity index (χ0n) is 10.6. The average molecular weight is 328 g/mol.